The number of benzene rings is 1. The predicted octanol–water partition coefficient (Wildman–Crippen LogP) is 3.14. The number of carbonyl (C=O) groups excluding carboxylic acids is 1. The molecule has 0 spiro atoms. The van der Waals surface area contributed by atoms with Gasteiger partial charge in [-0.25, -0.2) is 0 Å². The third kappa shape index (κ3) is 3.89. The maximum atomic E-state index is 12.2. The first-order chi connectivity index (χ1) is 10.6. The van der Waals surface area contributed by atoms with E-state index in [0.717, 1.165) is 6.54 Å². The molecule has 2 fully saturated rings. The molecule has 2 aliphatic heterocycles. The van der Waals surface area contributed by atoms with E-state index in [1.165, 1.54) is 36.8 Å². The van der Waals surface area contributed by atoms with Crippen molar-refractivity contribution in [2.75, 3.05) is 6.54 Å². The van der Waals surface area contributed by atoms with Gasteiger partial charge in [0, 0.05) is 25.0 Å². The Bertz CT molecular complexity index is 499. The highest BCUT2D eigenvalue weighted by Gasteiger charge is 2.34. The predicted molar refractivity (Wildman–Crippen MR) is 89.9 cm³/mol. The highest BCUT2D eigenvalue weighted by atomic mass is 16.1. The molecule has 2 N–H and O–H groups in total. The second-order valence-corrected chi connectivity index (χ2v) is 7.30. The van der Waals surface area contributed by atoms with Crippen molar-refractivity contribution in [2.24, 2.45) is 5.92 Å². The average molecular weight is 300 g/mol. The van der Waals surface area contributed by atoms with Gasteiger partial charge in [0.2, 0.25) is 5.91 Å². The summed E-state index contributed by atoms with van der Waals surface area (Å²) < 4.78 is 0. The average Bonchev–Trinajstić information content (AvgIpc) is 2.84. The normalized spacial score (nSPS) is 28.4. The monoisotopic (exact) mass is 300 g/mol. The molecule has 3 atom stereocenters. The van der Waals surface area contributed by atoms with E-state index in [4.69, 9.17) is 0 Å². The molecule has 1 amide bonds. The molecule has 120 valence electrons. The van der Waals surface area contributed by atoms with Gasteiger partial charge in [0.1, 0.15) is 0 Å². The number of aryl methyl sites for hydroxylation is 1. The molecule has 3 nitrogen and oxygen atoms in total. The van der Waals surface area contributed by atoms with E-state index in [1.807, 2.05) is 0 Å². The first kappa shape index (κ1) is 15.5. The molecule has 22 heavy (non-hydrogen) atoms. The second-order valence-electron chi connectivity index (χ2n) is 7.30. The van der Waals surface area contributed by atoms with Gasteiger partial charge < -0.3 is 10.6 Å². The molecule has 1 aromatic carbocycles. The van der Waals surface area contributed by atoms with Crippen LogP contribution in [0.15, 0.2) is 24.3 Å². The van der Waals surface area contributed by atoms with Crippen LogP contribution in [0.1, 0.15) is 56.1 Å². The van der Waals surface area contributed by atoms with Crippen LogP contribution in [-0.4, -0.2) is 24.5 Å². The third-order valence-electron chi connectivity index (χ3n) is 5.30. The molecule has 2 bridgehead atoms. The molecule has 0 saturated carbocycles. The maximum absolute atomic E-state index is 12.2. The lowest BCUT2D eigenvalue weighted by Gasteiger charge is -2.28. The van der Waals surface area contributed by atoms with Crippen molar-refractivity contribution in [3.8, 4) is 0 Å². The van der Waals surface area contributed by atoms with Crippen molar-refractivity contribution in [2.45, 2.75) is 64.0 Å². The summed E-state index contributed by atoms with van der Waals surface area (Å²) in [5.41, 5.74) is 2.58. The van der Waals surface area contributed by atoms with Crippen LogP contribution >= 0.6 is 0 Å². The van der Waals surface area contributed by atoms with Gasteiger partial charge >= 0.3 is 0 Å². The molecular formula is C19H28N2O. The Morgan fingerprint density at radius 2 is 1.86 bits per heavy atom. The molecule has 1 aromatic rings. The summed E-state index contributed by atoms with van der Waals surface area (Å²) in [4.78, 5) is 12.2. The summed E-state index contributed by atoms with van der Waals surface area (Å²) in [7, 11) is 0. The number of hydrogen-bond donors (Lipinski definition) is 2. The van der Waals surface area contributed by atoms with Gasteiger partial charge in [-0.2, -0.15) is 0 Å². The number of fused-ring (bicyclic) bond motifs is 2. The number of nitrogens with one attached hydrogen (secondary N) is 2. The highest BCUT2D eigenvalue weighted by molar-refractivity contribution is 5.76. The van der Waals surface area contributed by atoms with Gasteiger partial charge in [0.25, 0.3) is 0 Å². The van der Waals surface area contributed by atoms with Crippen molar-refractivity contribution < 1.29 is 4.79 Å². The molecule has 2 heterocycles. The Kier molecular flexibility index (Phi) is 4.82. The lowest BCUT2D eigenvalue weighted by molar-refractivity contribution is -0.122. The van der Waals surface area contributed by atoms with E-state index < -0.39 is 0 Å². The summed E-state index contributed by atoms with van der Waals surface area (Å²) >= 11 is 0. The smallest absolute Gasteiger partial charge is 0.220 e. The molecule has 2 aliphatic rings. The minimum Gasteiger partial charge on any atom is -0.355 e. The zero-order valence-corrected chi connectivity index (χ0v) is 13.8. The fourth-order valence-corrected chi connectivity index (χ4v) is 3.96. The molecule has 0 radical (unpaired) electrons. The Balaban J connectivity index is 1.43. The van der Waals surface area contributed by atoms with Crippen molar-refractivity contribution >= 4 is 5.91 Å². The van der Waals surface area contributed by atoms with Crippen LogP contribution in [0.3, 0.4) is 0 Å². The summed E-state index contributed by atoms with van der Waals surface area (Å²) in [6.45, 7) is 5.01. The van der Waals surface area contributed by atoms with Crippen LogP contribution in [0.5, 0.6) is 0 Å². The Hall–Kier alpha value is -1.35. The molecule has 3 heteroatoms. The number of carbonyl (C=O) groups is 1. The number of amides is 1. The van der Waals surface area contributed by atoms with Crippen LogP contribution in [0, 0.1) is 12.8 Å². The maximum Gasteiger partial charge on any atom is 0.220 e. The van der Waals surface area contributed by atoms with Crippen LogP contribution in [-0.2, 0) is 4.79 Å². The van der Waals surface area contributed by atoms with Gasteiger partial charge in [-0.05, 0) is 50.0 Å². The van der Waals surface area contributed by atoms with E-state index in [-0.39, 0.29) is 5.91 Å². The molecule has 0 aliphatic carbocycles. The third-order valence-corrected chi connectivity index (χ3v) is 5.30. The summed E-state index contributed by atoms with van der Waals surface area (Å²) in [6.07, 6.45) is 5.66. The molecule has 3 unspecified atom stereocenters. The Labute approximate surface area is 133 Å². The number of piperidine rings is 1. The van der Waals surface area contributed by atoms with Gasteiger partial charge in [-0.1, -0.05) is 36.8 Å². The minimum absolute atomic E-state index is 0.227. The van der Waals surface area contributed by atoms with Crippen molar-refractivity contribution in [1.82, 2.24) is 10.6 Å². The zero-order valence-electron chi connectivity index (χ0n) is 13.8. The largest absolute Gasteiger partial charge is 0.355 e. The van der Waals surface area contributed by atoms with Crippen molar-refractivity contribution in [3.63, 3.8) is 0 Å². The first-order valence-corrected chi connectivity index (χ1v) is 8.69. The Morgan fingerprint density at radius 3 is 2.50 bits per heavy atom. The van der Waals surface area contributed by atoms with Crippen LogP contribution in [0.4, 0.5) is 0 Å². The molecule has 3 rings (SSSR count). The fraction of sp³-hybridized carbons (Fsp3) is 0.632. The van der Waals surface area contributed by atoms with Gasteiger partial charge in [-0.3, -0.25) is 4.79 Å². The van der Waals surface area contributed by atoms with E-state index in [9.17, 15) is 4.79 Å². The molecule has 2 saturated heterocycles. The van der Waals surface area contributed by atoms with Crippen LogP contribution < -0.4 is 10.6 Å². The van der Waals surface area contributed by atoms with E-state index >= 15 is 0 Å². The SMILES string of the molecule is Cc1ccc(C(C)CNC(=O)CC2CC3CCC(C2)N3)cc1. The van der Waals surface area contributed by atoms with E-state index in [1.54, 1.807) is 0 Å². The minimum atomic E-state index is 0.227. The highest BCUT2D eigenvalue weighted by Crippen LogP contribution is 2.32. The van der Waals surface area contributed by atoms with Gasteiger partial charge in [0.05, 0.1) is 0 Å². The lowest BCUT2D eigenvalue weighted by Crippen LogP contribution is -2.40. The summed E-state index contributed by atoms with van der Waals surface area (Å²) in [5.74, 6) is 1.17. The molecular weight excluding hydrogens is 272 g/mol. The number of hydrogen-bond acceptors (Lipinski definition) is 2. The van der Waals surface area contributed by atoms with Crippen molar-refractivity contribution in [3.05, 3.63) is 35.4 Å². The lowest BCUT2D eigenvalue weighted by atomic mass is 9.89. The molecule has 0 aromatic heterocycles. The van der Waals surface area contributed by atoms with E-state index in [0.29, 0.717) is 30.3 Å². The zero-order chi connectivity index (χ0) is 15.5. The van der Waals surface area contributed by atoms with Crippen molar-refractivity contribution in [1.29, 1.82) is 0 Å². The van der Waals surface area contributed by atoms with E-state index in [2.05, 4.69) is 48.7 Å². The topological polar surface area (TPSA) is 41.1 Å². The second kappa shape index (κ2) is 6.82. The fourth-order valence-electron chi connectivity index (χ4n) is 3.96. The summed E-state index contributed by atoms with van der Waals surface area (Å²) in [6, 6.07) is 9.94. The standard InChI is InChI=1S/C19H28N2O/c1-13-3-5-16(6-4-13)14(2)12-20-19(22)11-15-9-17-7-8-18(10-15)21-17/h3-6,14-15,17-18,21H,7-12H2,1-2H3,(H,20,22). The van der Waals surface area contributed by atoms with Crippen LogP contribution in [0.2, 0.25) is 0 Å². The van der Waals surface area contributed by atoms with Gasteiger partial charge in [0.15, 0.2) is 0 Å². The first-order valence-electron chi connectivity index (χ1n) is 8.69. The van der Waals surface area contributed by atoms with Crippen LogP contribution in [0.25, 0.3) is 0 Å². The Morgan fingerprint density at radius 1 is 1.23 bits per heavy atom. The van der Waals surface area contributed by atoms with Gasteiger partial charge in [-0.15, -0.1) is 0 Å². The summed E-state index contributed by atoms with van der Waals surface area (Å²) in [5, 5.41) is 6.77. The quantitative estimate of drug-likeness (QED) is 0.877. The number of rotatable bonds is 5.